The second-order valence-corrected chi connectivity index (χ2v) is 3.46. The number of hydrogen-bond donors (Lipinski definition) is 0. The van der Waals surface area contributed by atoms with Crippen molar-refractivity contribution >= 4 is 22.8 Å². The number of fused-ring (bicyclic) bond motifs is 1. The molecule has 0 unspecified atom stereocenters. The number of carbonyl (C=O) groups is 2. The molecule has 0 amide bonds. The average Bonchev–Trinajstić information content (AvgIpc) is 2.27. The van der Waals surface area contributed by atoms with Crippen LogP contribution in [0.25, 0.3) is 10.8 Å². The van der Waals surface area contributed by atoms with Gasteiger partial charge in [-0.05, 0) is 29.8 Å². The number of benzene rings is 2. The van der Waals surface area contributed by atoms with Gasteiger partial charge in [0.05, 0.1) is 0 Å². The van der Waals surface area contributed by atoms with Crippen molar-refractivity contribution in [2.75, 3.05) is 0 Å². The fourth-order valence-corrected chi connectivity index (χ4v) is 1.64. The number of ketones is 1. The molecule has 2 rings (SSSR count). The molecule has 0 bridgehead atoms. The van der Waals surface area contributed by atoms with Gasteiger partial charge in [0.2, 0.25) is 0 Å². The summed E-state index contributed by atoms with van der Waals surface area (Å²) in [6.07, 6.45) is 0.786. The predicted octanol–water partition coefficient (Wildman–Crippen LogP) is 2.85. The van der Waals surface area contributed by atoms with Crippen LogP contribution in [-0.4, -0.2) is 12.1 Å². The van der Waals surface area contributed by atoms with Crippen molar-refractivity contribution in [3.63, 3.8) is 0 Å². The highest BCUT2D eigenvalue weighted by atomic mass is 16.1. The molecule has 0 aliphatic heterocycles. The molecule has 74 valence electrons. The van der Waals surface area contributed by atoms with Crippen LogP contribution in [-0.2, 0) is 0 Å². The largest absolute Gasteiger partial charge is 0.298 e. The summed E-state index contributed by atoms with van der Waals surface area (Å²) >= 11 is 0. The van der Waals surface area contributed by atoms with Gasteiger partial charge in [-0.3, -0.25) is 9.59 Å². The number of rotatable bonds is 2. The van der Waals surface area contributed by atoms with E-state index < -0.39 is 0 Å². The summed E-state index contributed by atoms with van der Waals surface area (Å²) in [6.45, 7) is 1.50. The van der Waals surface area contributed by atoms with Gasteiger partial charge >= 0.3 is 0 Å². The third-order valence-corrected chi connectivity index (χ3v) is 2.43. The third-order valence-electron chi connectivity index (χ3n) is 2.43. The zero-order chi connectivity index (χ0) is 10.8. The standard InChI is InChI=1S/C13H10O2/c1-9(15)11-6-10-4-2-3-5-13(10)12(7-11)8-14/h2-8H,1H3. The van der Waals surface area contributed by atoms with Crippen molar-refractivity contribution in [2.45, 2.75) is 6.92 Å². The first kappa shape index (κ1) is 9.59. The molecule has 0 aromatic heterocycles. The quantitative estimate of drug-likeness (QED) is 0.549. The molecule has 0 aliphatic rings. The Labute approximate surface area is 87.5 Å². The van der Waals surface area contributed by atoms with Crippen molar-refractivity contribution in [3.05, 3.63) is 47.5 Å². The van der Waals surface area contributed by atoms with Gasteiger partial charge in [-0.2, -0.15) is 0 Å². The lowest BCUT2D eigenvalue weighted by atomic mass is 10.00. The summed E-state index contributed by atoms with van der Waals surface area (Å²) in [5, 5.41) is 1.81. The van der Waals surface area contributed by atoms with Gasteiger partial charge in [0.1, 0.15) is 0 Å². The van der Waals surface area contributed by atoms with Crippen molar-refractivity contribution in [1.29, 1.82) is 0 Å². The van der Waals surface area contributed by atoms with E-state index in [2.05, 4.69) is 0 Å². The Hall–Kier alpha value is -1.96. The van der Waals surface area contributed by atoms with E-state index in [0.717, 1.165) is 17.1 Å². The van der Waals surface area contributed by atoms with Crippen LogP contribution in [0, 0.1) is 0 Å². The second-order valence-electron chi connectivity index (χ2n) is 3.46. The maximum Gasteiger partial charge on any atom is 0.159 e. The molecular formula is C13H10O2. The van der Waals surface area contributed by atoms with E-state index >= 15 is 0 Å². The van der Waals surface area contributed by atoms with Crippen LogP contribution >= 0.6 is 0 Å². The first-order valence-corrected chi connectivity index (χ1v) is 4.71. The highest BCUT2D eigenvalue weighted by Gasteiger charge is 2.05. The number of carbonyl (C=O) groups excluding carboxylic acids is 2. The Balaban J connectivity index is 2.82. The molecule has 0 spiro atoms. The first-order chi connectivity index (χ1) is 7.22. The van der Waals surface area contributed by atoms with Gasteiger partial charge < -0.3 is 0 Å². The number of aldehydes is 1. The molecular weight excluding hydrogens is 188 g/mol. The molecule has 0 radical (unpaired) electrons. The monoisotopic (exact) mass is 198 g/mol. The second kappa shape index (κ2) is 3.65. The highest BCUT2D eigenvalue weighted by molar-refractivity contribution is 6.04. The zero-order valence-electron chi connectivity index (χ0n) is 8.36. The highest BCUT2D eigenvalue weighted by Crippen LogP contribution is 2.20. The summed E-state index contributed by atoms with van der Waals surface area (Å²) in [5.41, 5.74) is 1.15. The van der Waals surface area contributed by atoms with Gasteiger partial charge in [-0.15, -0.1) is 0 Å². The first-order valence-electron chi connectivity index (χ1n) is 4.71. The van der Waals surface area contributed by atoms with Gasteiger partial charge in [-0.1, -0.05) is 24.3 Å². The molecule has 0 atom stereocenters. The Morgan fingerprint density at radius 2 is 1.93 bits per heavy atom. The van der Waals surface area contributed by atoms with E-state index in [9.17, 15) is 9.59 Å². The summed E-state index contributed by atoms with van der Waals surface area (Å²) in [6, 6.07) is 11.0. The Kier molecular flexibility index (Phi) is 2.34. The van der Waals surface area contributed by atoms with Crippen LogP contribution in [0.1, 0.15) is 27.6 Å². The lowest BCUT2D eigenvalue weighted by molar-refractivity contribution is 0.101. The van der Waals surface area contributed by atoms with Crippen LogP contribution in [0.3, 0.4) is 0 Å². The predicted molar refractivity (Wildman–Crippen MR) is 59.3 cm³/mol. The van der Waals surface area contributed by atoms with Crippen LogP contribution in [0.2, 0.25) is 0 Å². The lowest BCUT2D eigenvalue weighted by Gasteiger charge is -2.03. The molecule has 0 N–H and O–H groups in total. The molecule has 0 saturated carbocycles. The fraction of sp³-hybridized carbons (Fsp3) is 0.0769. The SMILES string of the molecule is CC(=O)c1cc(C=O)c2ccccc2c1. The molecule has 0 fully saturated rings. The zero-order valence-corrected chi connectivity index (χ0v) is 8.36. The molecule has 2 aromatic carbocycles. The minimum Gasteiger partial charge on any atom is -0.298 e. The molecule has 15 heavy (non-hydrogen) atoms. The van der Waals surface area contributed by atoms with Crippen molar-refractivity contribution in [3.8, 4) is 0 Å². The van der Waals surface area contributed by atoms with E-state index in [4.69, 9.17) is 0 Å². The van der Waals surface area contributed by atoms with Crippen LogP contribution in [0.15, 0.2) is 36.4 Å². The maximum absolute atomic E-state index is 11.2. The van der Waals surface area contributed by atoms with E-state index in [1.807, 2.05) is 30.3 Å². The molecule has 0 saturated heterocycles. The maximum atomic E-state index is 11.2. The minimum atomic E-state index is -0.0242. The summed E-state index contributed by atoms with van der Waals surface area (Å²) in [5.74, 6) is -0.0242. The third kappa shape index (κ3) is 1.66. The lowest BCUT2D eigenvalue weighted by Crippen LogP contribution is -1.94. The van der Waals surface area contributed by atoms with E-state index in [1.165, 1.54) is 6.92 Å². The number of hydrogen-bond acceptors (Lipinski definition) is 2. The topological polar surface area (TPSA) is 34.1 Å². The Morgan fingerprint density at radius 3 is 2.60 bits per heavy atom. The molecule has 0 heterocycles. The molecule has 0 aliphatic carbocycles. The van der Waals surface area contributed by atoms with Gasteiger partial charge in [-0.25, -0.2) is 0 Å². The van der Waals surface area contributed by atoms with E-state index in [1.54, 1.807) is 6.07 Å². The smallest absolute Gasteiger partial charge is 0.159 e. The van der Waals surface area contributed by atoms with E-state index in [-0.39, 0.29) is 5.78 Å². The van der Waals surface area contributed by atoms with Crippen LogP contribution < -0.4 is 0 Å². The van der Waals surface area contributed by atoms with Gasteiger partial charge in [0.15, 0.2) is 12.1 Å². The Bertz CT molecular complexity index is 541. The normalized spacial score (nSPS) is 10.2. The fourth-order valence-electron chi connectivity index (χ4n) is 1.64. The van der Waals surface area contributed by atoms with E-state index in [0.29, 0.717) is 11.1 Å². The summed E-state index contributed by atoms with van der Waals surface area (Å²) < 4.78 is 0. The van der Waals surface area contributed by atoms with Gasteiger partial charge in [0, 0.05) is 11.1 Å². The molecule has 2 aromatic rings. The van der Waals surface area contributed by atoms with Crippen molar-refractivity contribution in [1.82, 2.24) is 0 Å². The summed E-state index contributed by atoms with van der Waals surface area (Å²) in [4.78, 5) is 22.1. The average molecular weight is 198 g/mol. The number of Topliss-reactive ketones (excluding diaryl/α,β-unsaturated/α-hetero) is 1. The Morgan fingerprint density at radius 1 is 1.20 bits per heavy atom. The van der Waals surface area contributed by atoms with Crippen LogP contribution in [0.4, 0.5) is 0 Å². The summed E-state index contributed by atoms with van der Waals surface area (Å²) in [7, 11) is 0. The van der Waals surface area contributed by atoms with Crippen molar-refractivity contribution in [2.24, 2.45) is 0 Å². The van der Waals surface area contributed by atoms with Gasteiger partial charge in [0.25, 0.3) is 0 Å². The molecule has 2 nitrogen and oxygen atoms in total. The van der Waals surface area contributed by atoms with Crippen LogP contribution in [0.5, 0.6) is 0 Å². The minimum absolute atomic E-state index is 0.0242. The molecule has 2 heteroatoms. The van der Waals surface area contributed by atoms with Crippen molar-refractivity contribution < 1.29 is 9.59 Å².